The van der Waals surface area contributed by atoms with E-state index in [1.165, 1.54) is 14.6 Å². The van der Waals surface area contributed by atoms with Gasteiger partial charge in [0.25, 0.3) is 0 Å². The Labute approximate surface area is 122 Å². The molecule has 0 fully saturated rings. The van der Waals surface area contributed by atoms with E-state index < -0.39 is 0 Å². The molecular weight excluding hydrogens is 274 g/mol. The summed E-state index contributed by atoms with van der Waals surface area (Å²) in [5.41, 5.74) is 0. The second-order valence-electron chi connectivity index (χ2n) is 4.19. The van der Waals surface area contributed by atoms with Gasteiger partial charge >= 0.3 is 0 Å². The van der Waals surface area contributed by atoms with Crippen molar-refractivity contribution in [2.24, 2.45) is 4.99 Å². The third kappa shape index (κ3) is 4.69. The van der Waals surface area contributed by atoms with Gasteiger partial charge in [-0.05, 0) is 36.9 Å². The van der Waals surface area contributed by atoms with Gasteiger partial charge in [-0.2, -0.15) is 0 Å². The van der Waals surface area contributed by atoms with Gasteiger partial charge in [0.05, 0.1) is 6.54 Å². The first-order valence-corrected chi connectivity index (χ1v) is 8.00. The first-order chi connectivity index (χ1) is 9.28. The molecule has 0 aliphatic rings. The molecule has 0 saturated carbocycles. The highest BCUT2D eigenvalue weighted by Crippen LogP contribution is 2.14. The van der Waals surface area contributed by atoms with Crippen molar-refractivity contribution in [3.8, 4) is 0 Å². The highest BCUT2D eigenvalue weighted by molar-refractivity contribution is 7.11. The van der Waals surface area contributed by atoms with E-state index in [1.54, 1.807) is 18.4 Å². The van der Waals surface area contributed by atoms with Crippen molar-refractivity contribution in [3.63, 3.8) is 0 Å². The van der Waals surface area contributed by atoms with Gasteiger partial charge in [0.2, 0.25) is 0 Å². The molecule has 5 heteroatoms. The number of guanidine groups is 1. The van der Waals surface area contributed by atoms with E-state index >= 15 is 0 Å². The normalized spacial score (nSPS) is 11.6. The van der Waals surface area contributed by atoms with Crippen LogP contribution in [0.15, 0.2) is 34.6 Å². The van der Waals surface area contributed by atoms with Crippen LogP contribution in [0.2, 0.25) is 0 Å². The molecule has 0 unspecified atom stereocenters. The smallest absolute Gasteiger partial charge is 0.191 e. The largest absolute Gasteiger partial charge is 0.356 e. The molecule has 19 heavy (non-hydrogen) atoms. The lowest BCUT2D eigenvalue weighted by molar-refractivity contribution is 0.804. The van der Waals surface area contributed by atoms with E-state index in [-0.39, 0.29) is 0 Å². The summed E-state index contributed by atoms with van der Waals surface area (Å²) in [6.45, 7) is 3.86. The van der Waals surface area contributed by atoms with Gasteiger partial charge in [-0.15, -0.1) is 22.7 Å². The van der Waals surface area contributed by atoms with Crippen LogP contribution in [0.3, 0.4) is 0 Å². The minimum Gasteiger partial charge on any atom is -0.356 e. The molecule has 102 valence electrons. The Hall–Kier alpha value is -1.33. The number of rotatable bonds is 5. The Balaban J connectivity index is 1.71. The fraction of sp³-hybridized carbons (Fsp3) is 0.357. The van der Waals surface area contributed by atoms with E-state index in [9.17, 15) is 0 Å². The third-order valence-electron chi connectivity index (χ3n) is 2.69. The number of aryl methyl sites for hydroxylation is 1. The molecule has 0 aromatic carbocycles. The van der Waals surface area contributed by atoms with Crippen LogP contribution in [0.4, 0.5) is 0 Å². The van der Waals surface area contributed by atoms with Gasteiger partial charge < -0.3 is 10.6 Å². The Morgan fingerprint density at radius 3 is 2.74 bits per heavy atom. The summed E-state index contributed by atoms with van der Waals surface area (Å²) in [5.74, 6) is 0.864. The minimum atomic E-state index is 0.831. The maximum Gasteiger partial charge on any atom is 0.191 e. The van der Waals surface area contributed by atoms with Crippen LogP contribution in [-0.2, 0) is 13.0 Å². The molecule has 0 aliphatic carbocycles. The highest BCUT2D eigenvalue weighted by atomic mass is 32.1. The van der Waals surface area contributed by atoms with Crippen LogP contribution in [0.25, 0.3) is 0 Å². The second-order valence-corrected chi connectivity index (χ2v) is 6.60. The van der Waals surface area contributed by atoms with Crippen molar-refractivity contribution in [3.05, 3.63) is 44.3 Å². The number of hydrogen-bond donors (Lipinski definition) is 2. The SMILES string of the molecule is CN=C(NCCc1cccs1)NCc1ccc(C)s1. The number of thiophene rings is 2. The molecule has 2 N–H and O–H groups in total. The standard InChI is InChI=1S/C14H19N3S2/c1-11-5-6-13(19-11)10-17-14(15-2)16-8-7-12-4-3-9-18-12/h3-6,9H,7-8,10H2,1-2H3,(H2,15,16,17). The fourth-order valence-electron chi connectivity index (χ4n) is 1.73. The summed E-state index contributed by atoms with van der Waals surface area (Å²) in [6, 6.07) is 8.56. The van der Waals surface area contributed by atoms with Gasteiger partial charge in [0.1, 0.15) is 0 Å². The second kappa shape index (κ2) is 7.31. The Morgan fingerprint density at radius 1 is 1.21 bits per heavy atom. The molecule has 0 spiro atoms. The van der Waals surface area contributed by atoms with Crippen LogP contribution in [0, 0.1) is 6.92 Å². The highest BCUT2D eigenvalue weighted by Gasteiger charge is 2.00. The van der Waals surface area contributed by atoms with Crippen molar-refractivity contribution in [1.29, 1.82) is 0 Å². The van der Waals surface area contributed by atoms with Gasteiger partial charge in [-0.3, -0.25) is 4.99 Å². The first kappa shape index (κ1) is 14.1. The van der Waals surface area contributed by atoms with Crippen molar-refractivity contribution >= 4 is 28.6 Å². The molecule has 0 saturated heterocycles. The van der Waals surface area contributed by atoms with Gasteiger partial charge in [-0.25, -0.2) is 0 Å². The van der Waals surface area contributed by atoms with E-state index in [2.05, 4.69) is 52.2 Å². The number of nitrogens with zero attached hydrogens (tertiary/aromatic N) is 1. The maximum absolute atomic E-state index is 4.23. The summed E-state index contributed by atoms with van der Waals surface area (Å²) in [7, 11) is 1.81. The lowest BCUT2D eigenvalue weighted by atomic mass is 10.3. The fourth-order valence-corrected chi connectivity index (χ4v) is 3.27. The number of hydrogen-bond acceptors (Lipinski definition) is 3. The lowest BCUT2D eigenvalue weighted by Gasteiger charge is -2.10. The van der Waals surface area contributed by atoms with Crippen molar-refractivity contribution < 1.29 is 0 Å². The van der Waals surface area contributed by atoms with Gasteiger partial charge in [0, 0.05) is 28.2 Å². The number of nitrogens with one attached hydrogen (secondary N) is 2. The maximum atomic E-state index is 4.23. The lowest BCUT2D eigenvalue weighted by Crippen LogP contribution is -2.37. The Bertz CT molecular complexity index is 515. The Morgan fingerprint density at radius 2 is 2.11 bits per heavy atom. The van der Waals surface area contributed by atoms with E-state index in [4.69, 9.17) is 0 Å². The summed E-state index contributed by atoms with van der Waals surface area (Å²) in [4.78, 5) is 8.31. The molecule has 2 aromatic rings. The van der Waals surface area contributed by atoms with Crippen LogP contribution < -0.4 is 10.6 Å². The molecule has 3 nitrogen and oxygen atoms in total. The zero-order valence-electron chi connectivity index (χ0n) is 11.3. The summed E-state index contributed by atoms with van der Waals surface area (Å²) in [6.07, 6.45) is 1.04. The van der Waals surface area contributed by atoms with E-state index in [0.29, 0.717) is 0 Å². The van der Waals surface area contributed by atoms with E-state index in [1.807, 2.05) is 11.3 Å². The zero-order chi connectivity index (χ0) is 13.5. The molecule has 0 amide bonds. The molecule has 0 aliphatic heterocycles. The van der Waals surface area contributed by atoms with Crippen LogP contribution >= 0.6 is 22.7 Å². The quantitative estimate of drug-likeness (QED) is 0.657. The van der Waals surface area contributed by atoms with Crippen LogP contribution in [0.1, 0.15) is 14.6 Å². The average molecular weight is 293 g/mol. The summed E-state index contributed by atoms with van der Waals surface area (Å²) < 4.78 is 0. The molecule has 2 rings (SSSR count). The van der Waals surface area contributed by atoms with Gasteiger partial charge in [0.15, 0.2) is 5.96 Å². The molecular formula is C14H19N3S2. The molecule has 0 atom stereocenters. The zero-order valence-corrected chi connectivity index (χ0v) is 12.9. The topological polar surface area (TPSA) is 36.4 Å². The predicted octanol–water partition coefficient (Wildman–Crippen LogP) is 3.03. The first-order valence-electron chi connectivity index (χ1n) is 6.30. The average Bonchev–Trinajstić information content (AvgIpc) is 3.05. The van der Waals surface area contributed by atoms with Crippen LogP contribution in [0.5, 0.6) is 0 Å². The van der Waals surface area contributed by atoms with Crippen molar-refractivity contribution in [2.45, 2.75) is 19.9 Å². The summed E-state index contributed by atoms with van der Waals surface area (Å²) >= 11 is 3.62. The molecule has 2 aromatic heterocycles. The Kier molecular flexibility index (Phi) is 5.42. The molecule has 2 heterocycles. The van der Waals surface area contributed by atoms with E-state index in [0.717, 1.165) is 25.5 Å². The molecule has 0 bridgehead atoms. The summed E-state index contributed by atoms with van der Waals surface area (Å²) in [5, 5.41) is 8.78. The third-order valence-corrected chi connectivity index (χ3v) is 4.63. The molecule has 0 radical (unpaired) electrons. The van der Waals surface area contributed by atoms with Crippen molar-refractivity contribution in [2.75, 3.05) is 13.6 Å². The number of aliphatic imine (C=N–C) groups is 1. The monoisotopic (exact) mass is 293 g/mol. The van der Waals surface area contributed by atoms with Gasteiger partial charge in [-0.1, -0.05) is 6.07 Å². The minimum absolute atomic E-state index is 0.831. The van der Waals surface area contributed by atoms with Crippen molar-refractivity contribution in [1.82, 2.24) is 10.6 Å². The predicted molar refractivity (Wildman–Crippen MR) is 85.3 cm³/mol. The van der Waals surface area contributed by atoms with Crippen LogP contribution in [-0.4, -0.2) is 19.6 Å².